The van der Waals surface area contributed by atoms with E-state index in [4.69, 9.17) is 5.73 Å². The second kappa shape index (κ2) is 3.59. The molecule has 2 rings (SSSR count). The molecule has 4 nitrogen and oxygen atoms in total. The van der Waals surface area contributed by atoms with E-state index < -0.39 is 6.04 Å². The minimum Gasteiger partial charge on any atom is -0.321 e. The fourth-order valence-corrected chi connectivity index (χ4v) is 1.43. The third-order valence-corrected chi connectivity index (χ3v) is 2.11. The summed E-state index contributed by atoms with van der Waals surface area (Å²) in [6.07, 6.45) is 2.17. The SMILES string of the molecule is N[C@H]([C]=O)Cc1n[nH]c2ccccc12. The maximum absolute atomic E-state index is 10.3. The van der Waals surface area contributed by atoms with Crippen molar-refractivity contribution in [3.63, 3.8) is 0 Å². The van der Waals surface area contributed by atoms with Crippen LogP contribution in [-0.4, -0.2) is 22.5 Å². The van der Waals surface area contributed by atoms with Gasteiger partial charge < -0.3 is 5.73 Å². The van der Waals surface area contributed by atoms with Crippen LogP contribution < -0.4 is 5.73 Å². The lowest BCUT2D eigenvalue weighted by Crippen LogP contribution is -2.24. The van der Waals surface area contributed by atoms with Gasteiger partial charge in [-0.05, 0) is 6.07 Å². The zero-order valence-corrected chi connectivity index (χ0v) is 7.53. The Kier molecular flexibility index (Phi) is 2.28. The molecule has 1 radical (unpaired) electrons. The van der Waals surface area contributed by atoms with Crippen molar-refractivity contribution in [1.82, 2.24) is 10.2 Å². The third kappa shape index (κ3) is 1.52. The number of aromatic amines is 1. The van der Waals surface area contributed by atoms with Gasteiger partial charge in [-0.1, -0.05) is 18.2 Å². The predicted octanol–water partition coefficient (Wildman–Crippen LogP) is 0.542. The number of carbonyl (C=O) groups excluding carboxylic acids is 1. The number of hydrogen-bond donors (Lipinski definition) is 2. The lowest BCUT2D eigenvalue weighted by Gasteiger charge is -1.98. The average Bonchev–Trinajstić information content (AvgIpc) is 2.62. The summed E-state index contributed by atoms with van der Waals surface area (Å²) in [7, 11) is 0. The largest absolute Gasteiger partial charge is 0.321 e. The number of nitrogens with two attached hydrogens (primary N) is 1. The second-order valence-corrected chi connectivity index (χ2v) is 3.14. The monoisotopic (exact) mass is 188 g/mol. The summed E-state index contributed by atoms with van der Waals surface area (Å²) in [6, 6.07) is 7.14. The molecule has 0 saturated heterocycles. The molecule has 0 fully saturated rings. The molecule has 1 aromatic carbocycles. The van der Waals surface area contributed by atoms with Crippen LogP contribution in [0.1, 0.15) is 5.69 Å². The summed E-state index contributed by atoms with van der Waals surface area (Å²) in [5, 5.41) is 7.99. The highest BCUT2D eigenvalue weighted by atomic mass is 16.1. The normalized spacial score (nSPS) is 12.9. The molecule has 0 amide bonds. The van der Waals surface area contributed by atoms with E-state index in [9.17, 15) is 4.79 Å². The van der Waals surface area contributed by atoms with Crippen LogP contribution >= 0.6 is 0 Å². The van der Waals surface area contributed by atoms with Crippen LogP contribution in [0, 0.1) is 0 Å². The minimum absolute atomic E-state index is 0.424. The lowest BCUT2D eigenvalue weighted by atomic mass is 10.1. The number of nitrogens with zero attached hydrogens (tertiary/aromatic N) is 1. The second-order valence-electron chi connectivity index (χ2n) is 3.14. The third-order valence-electron chi connectivity index (χ3n) is 2.11. The smallest absolute Gasteiger partial charge is 0.217 e. The number of benzene rings is 1. The average molecular weight is 188 g/mol. The number of fused-ring (bicyclic) bond motifs is 1. The number of para-hydroxylation sites is 1. The van der Waals surface area contributed by atoms with Gasteiger partial charge in [0.15, 0.2) is 0 Å². The van der Waals surface area contributed by atoms with Crippen molar-refractivity contribution >= 4 is 17.2 Å². The molecular formula is C10H10N3O. The van der Waals surface area contributed by atoms with E-state index in [2.05, 4.69) is 10.2 Å². The van der Waals surface area contributed by atoms with Crippen molar-refractivity contribution in [1.29, 1.82) is 0 Å². The van der Waals surface area contributed by atoms with Crippen molar-refractivity contribution in [3.8, 4) is 0 Å². The first kappa shape index (κ1) is 8.90. The van der Waals surface area contributed by atoms with Gasteiger partial charge in [0.05, 0.1) is 17.3 Å². The van der Waals surface area contributed by atoms with E-state index in [1.54, 1.807) is 6.29 Å². The highest BCUT2D eigenvalue weighted by Gasteiger charge is 2.09. The molecule has 2 aromatic rings. The van der Waals surface area contributed by atoms with Gasteiger partial charge >= 0.3 is 0 Å². The number of rotatable bonds is 3. The highest BCUT2D eigenvalue weighted by Crippen LogP contribution is 2.15. The molecule has 1 atom stereocenters. The molecule has 0 bridgehead atoms. The molecule has 71 valence electrons. The van der Waals surface area contributed by atoms with Gasteiger partial charge in [-0.25, -0.2) is 0 Å². The Labute approximate surface area is 81.1 Å². The number of H-pyrrole nitrogens is 1. The molecule has 0 unspecified atom stereocenters. The summed E-state index contributed by atoms with van der Waals surface area (Å²) < 4.78 is 0. The van der Waals surface area contributed by atoms with Gasteiger partial charge in [-0.15, -0.1) is 0 Å². The molecule has 0 spiro atoms. The summed E-state index contributed by atoms with van der Waals surface area (Å²) >= 11 is 0. The fourth-order valence-electron chi connectivity index (χ4n) is 1.43. The first-order chi connectivity index (χ1) is 6.81. The molecule has 14 heavy (non-hydrogen) atoms. The summed E-state index contributed by atoms with van der Waals surface area (Å²) in [5.74, 6) is 0. The van der Waals surface area contributed by atoms with Crippen molar-refractivity contribution in [3.05, 3.63) is 30.0 Å². The van der Waals surface area contributed by atoms with Crippen LogP contribution in [0.5, 0.6) is 0 Å². The van der Waals surface area contributed by atoms with Crippen LogP contribution in [0.25, 0.3) is 10.9 Å². The van der Waals surface area contributed by atoms with Crippen LogP contribution in [0.4, 0.5) is 0 Å². The van der Waals surface area contributed by atoms with Crippen molar-refractivity contribution < 1.29 is 4.79 Å². The van der Waals surface area contributed by atoms with Gasteiger partial charge in [0, 0.05) is 11.8 Å². The maximum Gasteiger partial charge on any atom is 0.217 e. The topological polar surface area (TPSA) is 71.8 Å². The minimum atomic E-state index is -0.596. The van der Waals surface area contributed by atoms with Gasteiger partial charge in [0.25, 0.3) is 0 Å². The first-order valence-corrected chi connectivity index (χ1v) is 4.36. The zero-order valence-electron chi connectivity index (χ0n) is 7.53. The highest BCUT2D eigenvalue weighted by molar-refractivity contribution is 5.81. The van der Waals surface area contributed by atoms with E-state index in [1.165, 1.54) is 0 Å². The molecule has 3 N–H and O–H groups in total. The van der Waals surface area contributed by atoms with Gasteiger partial charge in [0.2, 0.25) is 6.29 Å². The number of aromatic nitrogens is 2. The van der Waals surface area contributed by atoms with Crippen molar-refractivity contribution in [2.75, 3.05) is 0 Å². The molecule has 1 heterocycles. The molecule has 0 aliphatic rings. The molecular weight excluding hydrogens is 178 g/mol. The summed E-state index contributed by atoms with van der Waals surface area (Å²) in [5.41, 5.74) is 7.25. The Balaban J connectivity index is 2.38. The van der Waals surface area contributed by atoms with E-state index in [0.717, 1.165) is 16.6 Å². The first-order valence-electron chi connectivity index (χ1n) is 4.36. The van der Waals surface area contributed by atoms with Gasteiger partial charge in [0.1, 0.15) is 0 Å². The molecule has 4 heteroatoms. The maximum atomic E-state index is 10.3. The summed E-state index contributed by atoms with van der Waals surface area (Å²) in [4.78, 5) is 10.3. The van der Waals surface area contributed by atoms with Gasteiger partial charge in [-0.2, -0.15) is 5.10 Å². The Morgan fingerprint density at radius 3 is 3.07 bits per heavy atom. The molecule has 0 saturated carbocycles. The standard InChI is InChI=1S/C10H10N3O/c11-7(6-14)5-10-8-3-1-2-4-9(8)12-13-10/h1-4,7H,5,11H2,(H,12,13)/t7-/m0/s1. The predicted molar refractivity (Wildman–Crippen MR) is 53.5 cm³/mol. The Morgan fingerprint density at radius 2 is 2.29 bits per heavy atom. The van der Waals surface area contributed by atoms with Crippen molar-refractivity contribution in [2.24, 2.45) is 5.73 Å². The lowest BCUT2D eigenvalue weighted by molar-refractivity contribution is 0.540. The molecule has 0 aliphatic heterocycles. The van der Waals surface area contributed by atoms with E-state index >= 15 is 0 Å². The molecule has 1 aromatic heterocycles. The van der Waals surface area contributed by atoms with Crippen LogP contribution in [0.2, 0.25) is 0 Å². The van der Waals surface area contributed by atoms with Crippen LogP contribution in [0.15, 0.2) is 24.3 Å². The Bertz CT molecular complexity index is 449. The zero-order chi connectivity index (χ0) is 9.97. The van der Waals surface area contributed by atoms with Crippen LogP contribution in [0.3, 0.4) is 0 Å². The quantitative estimate of drug-likeness (QED) is 0.738. The van der Waals surface area contributed by atoms with Gasteiger partial charge in [-0.3, -0.25) is 9.89 Å². The molecule has 0 aliphatic carbocycles. The summed E-state index contributed by atoms with van der Waals surface area (Å²) in [6.45, 7) is 0. The van der Waals surface area contributed by atoms with Crippen LogP contribution in [-0.2, 0) is 11.2 Å². The number of nitrogens with one attached hydrogen (secondary N) is 1. The fraction of sp³-hybridized carbons (Fsp3) is 0.200. The number of hydrogen-bond acceptors (Lipinski definition) is 3. The Hall–Kier alpha value is -1.68. The van der Waals surface area contributed by atoms with E-state index in [1.807, 2.05) is 24.3 Å². The van der Waals surface area contributed by atoms with E-state index in [0.29, 0.717) is 6.42 Å². The van der Waals surface area contributed by atoms with E-state index in [-0.39, 0.29) is 0 Å². The van der Waals surface area contributed by atoms with Crippen molar-refractivity contribution in [2.45, 2.75) is 12.5 Å². The Morgan fingerprint density at radius 1 is 1.50 bits per heavy atom.